The van der Waals surface area contributed by atoms with E-state index in [9.17, 15) is 14.9 Å². The molecular weight excluding hydrogens is 640 g/mol. The average Bonchev–Trinajstić information content (AvgIpc) is 3.49. The van der Waals surface area contributed by atoms with E-state index in [-0.39, 0.29) is 23.1 Å². The quantitative estimate of drug-likeness (QED) is 0.172. The van der Waals surface area contributed by atoms with E-state index >= 15 is 0 Å². The normalized spacial score (nSPS) is 18.8. The Morgan fingerprint density at radius 3 is 2.65 bits per heavy atom. The van der Waals surface area contributed by atoms with Crippen LogP contribution < -0.4 is 15.8 Å². The number of fused-ring (bicyclic) bond motifs is 2. The molecule has 2 aromatic carbocycles. The van der Waals surface area contributed by atoms with Gasteiger partial charge in [-0.2, -0.15) is 5.26 Å². The van der Waals surface area contributed by atoms with Gasteiger partial charge in [0, 0.05) is 36.8 Å². The number of ether oxygens (including phenoxy) is 1. The second-order valence-electron chi connectivity index (χ2n) is 14.6. The number of pyridine rings is 2. The van der Waals surface area contributed by atoms with Gasteiger partial charge < -0.3 is 14.6 Å². The van der Waals surface area contributed by atoms with Gasteiger partial charge in [-0.05, 0) is 72.2 Å². The summed E-state index contributed by atoms with van der Waals surface area (Å²) in [6.45, 7) is 8.99. The second kappa shape index (κ2) is 12.2. The number of halogens is 1. The number of benzene rings is 2. The zero-order chi connectivity index (χ0) is 34.7. The number of carbonyl (C=O) groups excluding carboxylic acids is 1. The Labute approximate surface area is 289 Å². The molecule has 49 heavy (non-hydrogen) atoms. The summed E-state index contributed by atoms with van der Waals surface area (Å²) in [5.41, 5.74) is 2.75. The number of nitrogens with zero attached hydrogens (tertiary/aromatic N) is 7. The third kappa shape index (κ3) is 5.68. The van der Waals surface area contributed by atoms with E-state index < -0.39 is 12.1 Å². The van der Waals surface area contributed by atoms with Crippen molar-refractivity contribution in [3.05, 3.63) is 87.2 Å². The van der Waals surface area contributed by atoms with E-state index in [4.69, 9.17) is 16.3 Å². The maximum Gasteiger partial charge on any atom is 0.415 e. The molecule has 5 aromatic rings. The first-order chi connectivity index (χ1) is 23.4. The van der Waals surface area contributed by atoms with Crippen LogP contribution in [0.2, 0.25) is 5.02 Å². The molecular formula is C37H39ClN8O3. The SMILES string of the molecule is CCCOC(=O)N(c1cc(Cl)c2ncc(C#N)c(NCC(C)(C)C)c2c1)[C@H](c1cn(C23CC(C2)C3)nn1)c1cccc2c(=O)n(C)ccc12. The molecule has 252 valence electrons. The molecule has 3 aliphatic carbocycles. The number of amides is 1. The van der Waals surface area contributed by atoms with Gasteiger partial charge in [-0.15, -0.1) is 5.10 Å². The molecule has 3 saturated carbocycles. The van der Waals surface area contributed by atoms with Gasteiger partial charge in [-0.1, -0.05) is 56.6 Å². The van der Waals surface area contributed by atoms with Crippen molar-refractivity contribution >= 4 is 50.7 Å². The summed E-state index contributed by atoms with van der Waals surface area (Å²) in [5, 5.41) is 24.9. The summed E-state index contributed by atoms with van der Waals surface area (Å²) < 4.78 is 9.33. The number of carbonyl (C=O) groups is 1. The highest BCUT2D eigenvalue weighted by atomic mass is 35.5. The van der Waals surface area contributed by atoms with E-state index in [1.165, 1.54) is 15.7 Å². The molecule has 8 rings (SSSR count). The largest absolute Gasteiger partial charge is 0.449 e. The lowest BCUT2D eigenvalue weighted by atomic mass is 9.50. The lowest BCUT2D eigenvalue weighted by Crippen LogP contribution is -2.59. The summed E-state index contributed by atoms with van der Waals surface area (Å²) in [6, 6.07) is 12.3. The van der Waals surface area contributed by atoms with Crippen LogP contribution in [-0.2, 0) is 17.3 Å². The summed E-state index contributed by atoms with van der Waals surface area (Å²) in [5.74, 6) is 0.728. The molecule has 0 radical (unpaired) electrons. The standard InChI is InChI=1S/C37H39ClN8O3/c1-6-12-49-35(48)46(24-13-28-31(41-21-36(2,3)4)23(18-39)19-40-32(28)29(38)14-24)33(30-20-45(43-42-30)37-15-22(16-37)17-37)26-8-7-9-27-25(26)10-11-44(5)34(27)47/h7-11,13-14,19-20,22,33H,6,12,15-17,21H2,1-5H3,(H,40,41)/t22?,33-,37?/m0/s1. The number of nitrogens with one attached hydrogen (secondary N) is 1. The molecule has 1 atom stereocenters. The van der Waals surface area contributed by atoms with E-state index in [1.54, 1.807) is 25.4 Å². The zero-order valence-corrected chi connectivity index (χ0v) is 29.1. The molecule has 0 aliphatic heterocycles. The van der Waals surface area contributed by atoms with Gasteiger partial charge in [0.2, 0.25) is 0 Å². The molecule has 1 amide bonds. The van der Waals surface area contributed by atoms with E-state index in [0.717, 1.165) is 25.2 Å². The van der Waals surface area contributed by atoms with Crippen molar-refractivity contribution in [2.24, 2.45) is 18.4 Å². The molecule has 3 aliphatic rings. The smallest absolute Gasteiger partial charge is 0.415 e. The van der Waals surface area contributed by atoms with E-state index in [2.05, 4.69) is 47.5 Å². The Morgan fingerprint density at radius 1 is 1.20 bits per heavy atom. The molecule has 0 saturated heterocycles. The fourth-order valence-electron chi connectivity index (χ4n) is 7.05. The first-order valence-corrected chi connectivity index (χ1v) is 17.0. The third-order valence-electron chi connectivity index (χ3n) is 9.72. The van der Waals surface area contributed by atoms with Crippen LogP contribution in [0.1, 0.15) is 76.2 Å². The minimum atomic E-state index is -0.854. The van der Waals surface area contributed by atoms with Gasteiger partial charge >= 0.3 is 6.09 Å². The van der Waals surface area contributed by atoms with Crippen molar-refractivity contribution in [3.8, 4) is 6.07 Å². The van der Waals surface area contributed by atoms with Crippen LogP contribution in [-0.4, -0.2) is 43.8 Å². The van der Waals surface area contributed by atoms with E-state index in [0.29, 0.717) is 67.9 Å². The number of hydrogen-bond donors (Lipinski definition) is 1. The van der Waals surface area contributed by atoms with Crippen molar-refractivity contribution in [2.75, 3.05) is 23.4 Å². The number of nitriles is 1. The summed E-state index contributed by atoms with van der Waals surface area (Å²) >= 11 is 6.97. The fourth-order valence-corrected chi connectivity index (χ4v) is 7.31. The Morgan fingerprint density at radius 2 is 1.98 bits per heavy atom. The Kier molecular flexibility index (Phi) is 8.10. The predicted octanol–water partition coefficient (Wildman–Crippen LogP) is 7.31. The Bertz CT molecular complexity index is 2200. The van der Waals surface area contributed by atoms with Crippen molar-refractivity contribution in [1.29, 1.82) is 5.26 Å². The molecule has 1 N–H and O–H groups in total. The van der Waals surface area contributed by atoms with Crippen molar-refractivity contribution < 1.29 is 9.53 Å². The van der Waals surface area contributed by atoms with Crippen molar-refractivity contribution in [3.63, 3.8) is 0 Å². The maximum atomic E-state index is 14.4. The molecule has 3 fully saturated rings. The number of aryl methyl sites for hydroxylation is 1. The lowest BCUT2D eigenvalue weighted by molar-refractivity contribution is -0.0989. The maximum absolute atomic E-state index is 14.4. The van der Waals surface area contributed by atoms with E-state index in [1.807, 2.05) is 42.1 Å². The highest BCUT2D eigenvalue weighted by Gasteiger charge is 2.59. The first-order valence-electron chi connectivity index (χ1n) is 16.7. The second-order valence-corrected chi connectivity index (χ2v) is 15.0. The lowest BCUT2D eigenvalue weighted by Gasteiger charge is -2.61. The van der Waals surface area contributed by atoms with Crippen LogP contribution in [0.25, 0.3) is 21.7 Å². The molecule has 3 heterocycles. The third-order valence-corrected chi connectivity index (χ3v) is 10.0. The van der Waals surface area contributed by atoms with Crippen LogP contribution in [0.15, 0.2) is 59.8 Å². The highest BCUT2D eigenvalue weighted by Crippen LogP contribution is 2.62. The van der Waals surface area contributed by atoms with Gasteiger partial charge in [-0.25, -0.2) is 9.48 Å². The molecule has 0 spiro atoms. The van der Waals surface area contributed by atoms with Crippen molar-refractivity contribution in [1.82, 2.24) is 24.5 Å². The minimum absolute atomic E-state index is 0.0397. The molecule has 2 bridgehead atoms. The monoisotopic (exact) mass is 678 g/mol. The van der Waals surface area contributed by atoms with Gasteiger partial charge in [-0.3, -0.25) is 14.7 Å². The number of hydrogen-bond acceptors (Lipinski definition) is 8. The van der Waals surface area contributed by atoms with Crippen LogP contribution >= 0.6 is 11.6 Å². The first kappa shape index (κ1) is 32.6. The van der Waals surface area contributed by atoms with Gasteiger partial charge in [0.15, 0.2) is 0 Å². The average molecular weight is 679 g/mol. The number of aromatic nitrogens is 5. The topological polar surface area (TPSA) is 131 Å². The number of anilines is 2. The Hall–Kier alpha value is -4.95. The summed E-state index contributed by atoms with van der Waals surface area (Å²) in [6.07, 6.45) is 8.34. The highest BCUT2D eigenvalue weighted by molar-refractivity contribution is 6.36. The summed E-state index contributed by atoms with van der Waals surface area (Å²) in [4.78, 5) is 33.8. The zero-order valence-electron chi connectivity index (χ0n) is 28.3. The minimum Gasteiger partial charge on any atom is -0.449 e. The van der Waals surface area contributed by atoms with Crippen LogP contribution in [0.3, 0.4) is 0 Å². The predicted molar refractivity (Wildman–Crippen MR) is 190 cm³/mol. The molecule has 11 nitrogen and oxygen atoms in total. The van der Waals surface area contributed by atoms with Crippen molar-refractivity contribution in [2.45, 2.75) is 65.0 Å². The number of rotatable bonds is 9. The summed E-state index contributed by atoms with van der Waals surface area (Å²) in [7, 11) is 1.71. The van der Waals surface area contributed by atoms with Crippen LogP contribution in [0, 0.1) is 22.7 Å². The van der Waals surface area contributed by atoms with Gasteiger partial charge in [0.25, 0.3) is 5.56 Å². The van der Waals surface area contributed by atoms with Crippen LogP contribution in [0.4, 0.5) is 16.2 Å². The van der Waals surface area contributed by atoms with Gasteiger partial charge in [0.05, 0.1) is 45.8 Å². The van der Waals surface area contributed by atoms with Gasteiger partial charge in [0.1, 0.15) is 17.8 Å². The fraction of sp³-hybridized carbons (Fsp3) is 0.405. The molecule has 3 aromatic heterocycles. The molecule has 0 unspecified atom stereocenters. The van der Waals surface area contributed by atoms with Crippen LogP contribution in [0.5, 0.6) is 0 Å². The Balaban J connectivity index is 1.48. The molecule has 12 heteroatoms.